The molecule has 1 N–H and O–H groups in total. The topological polar surface area (TPSA) is 41.6 Å². The van der Waals surface area contributed by atoms with E-state index in [0.29, 0.717) is 24.5 Å². The Morgan fingerprint density at radius 2 is 2.36 bits per heavy atom. The minimum Gasteiger partial charge on any atom is -0.450 e. The monoisotopic (exact) mass is 198 g/mol. The molecule has 0 spiro atoms. The minimum absolute atomic E-state index is 0.144. The Bertz CT molecular complexity index is 232. The third-order valence-corrected chi connectivity index (χ3v) is 3.44. The summed E-state index contributed by atoms with van der Waals surface area (Å²) in [5.41, 5.74) is 0. The van der Waals surface area contributed by atoms with Gasteiger partial charge in [-0.05, 0) is 25.7 Å². The van der Waals surface area contributed by atoms with Crippen LogP contribution in [0.25, 0.3) is 0 Å². The van der Waals surface area contributed by atoms with Crippen molar-refractivity contribution in [1.82, 2.24) is 10.2 Å². The minimum atomic E-state index is -0.144. The Kier molecular flexibility index (Phi) is 2.63. The van der Waals surface area contributed by atoms with Gasteiger partial charge in [0, 0.05) is 25.7 Å². The molecule has 0 saturated carbocycles. The normalized spacial score (nSPS) is 35.9. The Morgan fingerprint density at radius 3 is 3.00 bits per heavy atom. The number of hydrogen-bond donors (Lipinski definition) is 1. The van der Waals surface area contributed by atoms with E-state index in [1.165, 1.54) is 0 Å². The van der Waals surface area contributed by atoms with Crippen LogP contribution < -0.4 is 5.32 Å². The molecule has 0 aromatic rings. The van der Waals surface area contributed by atoms with Gasteiger partial charge in [0.15, 0.2) is 0 Å². The second-order valence-corrected chi connectivity index (χ2v) is 4.17. The third kappa shape index (κ3) is 1.47. The maximum absolute atomic E-state index is 11.6. The first-order valence-electron chi connectivity index (χ1n) is 5.38. The van der Waals surface area contributed by atoms with E-state index in [1.54, 1.807) is 0 Å². The summed E-state index contributed by atoms with van der Waals surface area (Å²) in [6, 6.07) is 0.328. The standard InChI is InChI=1S/C10H18N2O2/c1-3-14-10(13)12-6-8-4-11-5-9(8)7(12)2/h7-9,11H,3-6H2,1-2H3. The number of ether oxygens (including phenoxy) is 1. The molecule has 2 rings (SSSR count). The van der Waals surface area contributed by atoms with Gasteiger partial charge in [-0.2, -0.15) is 0 Å². The van der Waals surface area contributed by atoms with Crippen molar-refractivity contribution in [1.29, 1.82) is 0 Å². The lowest BCUT2D eigenvalue weighted by atomic mass is 9.95. The molecule has 2 heterocycles. The smallest absolute Gasteiger partial charge is 0.410 e. The number of nitrogens with one attached hydrogen (secondary N) is 1. The van der Waals surface area contributed by atoms with E-state index in [9.17, 15) is 4.79 Å². The summed E-state index contributed by atoms with van der Waals surface area (Å²) in [6.45, 7) is 7.38. The SMILES string of the molecule is CCOC(=O)N1CC2CNCC2C1C. The highest BCUT2D eigenvalue weighted by molar-refractivity contribution is 5.68. The molecule has 0 aromatic heterocycles. The molecule has 1 amide bonds. The number of amides is 1. The molecule has 0 aliphatic carbocycles. The summed E-state index contributed by atoms with van der Waals surface area (Å²) in [5.74, 6) is 1.26. The van der Waals surface area contributed by atoms with Crippen LogP contribution in [0.5, 0.6) is 0 Å². The van der Waals surface area contributed by atoms with Gasteiger partial charge in [-0.25, -0.2) is 4.79 Å². The molecule has 2 aliphatic rings. The summed E-state index contributed by atoms with van der Waals surface area (Å²) >= 11 is 0. The quantitative estimate of drug-likeness (QED) is 0.673. The van der Waals surface area contributed by atoms with Gasteiger partial charge in [0.05, 0.1) is 6.61 Å². The van der Waals surface area contributed by atoms with Crippen molar-refractivity contribution >= 4 is 6.09 Å². The highest BCUT2D eigenvalue weighted by Crippen LogP contribution is 2.32. The highest BCUT2D eigenvalue weighted by atomic mass is 16.6. The number of fused-ring (bicyclic) bond motifs is 1. The molecule has 3 unspecified atom stereocenters. The largest absolute Gasteiger partial charge is 0.450 e. The van der Waals surface area contributed by atoms with Gasteiger partial charge < -0.3 is 15.0 Å². The van der Waals surface area contributed by atoms with Crippen molar-refractivity contribution < 1.29 is 9.53 Å². The average molecular weight is 198 g/mol. The summed E-state index contributed by atoms with van der Waals surface area (Å²) < 4.78 is 5.03. The molecule has 2 saturated heterocycles. The van der Waals surface area contributed by atoms with Gasteiger partial charge in [0.25, 0.3) is 0 Å². The average Bonchev–Trinajstić information content (AvgIpc) is 2.69. The molecule has 0 radical (unpaired) electrons. The Hall–Kier alpha value is -0.770. The van der Waals surface area contributed by atoms with Crippen LogP contribution in [0.15, 0.2) is 0 Å². The molecule has 80 valence electrons. The highest BCUT2D eigenvalue weighted by Gasteiger charge is 2.44. The fraction of sp³-hybridized carbons (Fsp3) is 0.900. The van der Waals surface area contributed by atoms with Gasteiger partial charge in [-0.15, -0.1) is 0 Å². The van der Waals surface area contributed by atoms with Gasteiger partial charge in [-0.1, -0.05) is 0 Å². The molecular formula is C10H18N2O2. The predicted molar refractivity (Wildman–Crippen MR) is 53.0 cm³/mol. The second-order valence-electron chi connectivity index (χ2n) is 4.17. The van der Waals surface area contributed by atoms with Crippen molar-refractivity contribution in [3.8, 4) is 0 Å². The van der Waals surface area contributed by atoms with E-state index in [-0.39, 0.29) is 6.09 Å². The Labute approximate surface area is 84.6 Å². The first-order chi connectivity index (χ1) is 6.74. The van der Waals surface area contributed by atoms with Crippen LogP contribution in [-0.2, 0) is 4.74 Å². The maximum Gasteiger partial charge on any atom is 0.410 e. The molecule has 0 bridgehead atoms. The van der Waals surface area contributed by atoms with Gasteiger partial charge in [-0.3, -0.25) is 0 Å². The zero-order chi connectivity index (χ0) is 10.1. The molecule has 2 aliphatic heterocycles. The fourth-order valence-electron chi connectivity index (χ4n) is 2.62. The number of carbonyl (C=O) groups excluding carboxylic acids is 1. The van der Waals surface area contributed by atoms with Gasteiger partial charge >= 0.3 is 6.09 Å². The molecule has 0 aromatic carbocycles. The molecule has 4 nitrogen and oxygen atoms in total. The van der Waals surface area contributed by atoms with Crippen LogP contribution in [0, 0.1) is 11.8 Å². The summed E-state index contributed by atoms with van der Waals surface area (Å²) in [4.78, 5) is 13.4. The van der Waals surface area contributed by atoms with Crippen LogP contribution in [-0.4, -0.2) is 43.3 Å². The van der Waals surface area contributed by atoms with Gasteiger partial charge in [0.1, 0.15) is 0 Å². The lowest BCUT2D eigenvalue weighted by molar-refractivity contribution is 0.101. The molecule has 4 heteroatoms. The summed E-state index contributed by atoms with van der Waals surface area (Å²) in [7, 11) is 0. The lowest BCUT2D eigenvalue weighted by Crippen LogP contribution is -2.38. The van der Waals surface area contributed by atoms with Gasteiger partial charge in [0.2, 0.25) is 0 Å². The number of likely N-dealkylation sites (tertiary alicyclic amines) is 1. The number of hydrogen-bond acceptors (Lipinski definition) is 3. The van der Waals surface area contributed by atoms with Crippen molar-refractivity contribution in [3.63, 3.8) is 0 Å². The predicted octanol–water partition coefficient (Wildman–Crippen LogP) is 0.683. The first-order valence-corrected chi connectivity index (χ1v) is 5.38. The van der Waals surface area contributed by atoms with Crippen molar-refractivity contribution in [2.45, 2.75) is 19.9 Å². The lowest BCUT2D eigenvalue weighted by Gasteiger charge is -2.23. The van der Waals surface area contributed by atoms with Crippen LogP contribution in [0.3, 0.4) is 0 Å². The van der Waals surface area contributed by atoms with E-state index in [0.717, 1.165) is 19.6 Å². The Morgan fingerprint density at radius 1 is 1.57 bits per heavy atom. The fourth-order valence-corrected chi connectivity index (χ4v) is 2.62. The third-order valence-electron chi connectivity index (χ3n) is 3.44. The molecule has 3 atom stereocenters. The van der Waals surface area contributed by atoms with E-state index in [4.69, 9.17) is 4.74 Å². The van der Waals surface area contributed by atoms with Crippen molar-refractivity contribution in [2.75, 3.05) is 26.2 Å². The maximum atomic E-state index is 11.6. The zero-order valence-electron chi connectivity index (χ0n) is 8.82. The molecule has 2 fully saturated rings. The van der Waals surface area contributed by atoms with E-state index >= 15 is 0 Å². The number of carbonyl (C=O) groups is 1. The van der Waals surface area contributed by atoms with Crippen LogP contribution in [0.2, 0.25) is 0 Å². The van der Waals surface area contributed by atoms with Crippen molar-refractivity contribution in [3.05, 3.63) is 0 Å². The molecule has 14 heavy (non-hydrogen) atoms. The zero-order valence-corrected chi connectivity index (χ0v) is 8.82. The summed E-state index contributed by atoms with van der Waals surface area (Å²) in [5, 5.41) is 3.37. The van der Waals surface area contributed by atoms with E-state index < -0.39 is 0 Å². The van der Waals surface area contributed by atoms with Crippen LogP contribution >= 0.6 is 0 Å². The first kappa shape index (κ1) is 9.77. The second kappa shape index (κ2) is 3.77. The van der Waals surface area contributed by atoms with E-state index in [2.05, 4.69) is 12.2 Å². The van der Waals surface area contributed by atoms with E-state index in [1.807, 2.05) is 11.8 Å². The summed E-state index contributed by atoms with van der Waals surface area (Å²) in [6.07, 6.45) is -0.144. The van der Waals surface area contributed by atoms with Crippen LogP contribution in [0.1, 0.15) is 13.8 Å². The Balaban J connectivity index is 1.99. The number of nitrogens with zero attached hydrogens (tertiary/aromatic N) is 1. The van der Waals surface area contributed by atoms with Crippen molar-refractivity contribution in [2.24, 2.45) is 11.8 Å². The number of rotatable bonds is 1. The van der Waals surface area contributed by atoms with Crippen LogP contribution in [0.4, 0.5) is 4.79 Å². The molecular weight excluding hydrogens is 180 g/mol.